The molecule has 0 spiro atoms. The summed E-state index contributed by atoms with van der Waals surface area (Å²) in [5, 5.41) is 2.87. The highest BCUT2D eigenvalue weighted by Crippen LogP contribution is 2.25. The predicted molar refractivity (Wildman–Crippen MR) is 117 cm³/mol. The van der Waals surface area contributed by atoms with Crippen LogP contribution in [0.5, 0.6) is 5.75 Å². The van der Waals surface area contributed by atoms with Crippen molar-refractivity contribution in [3.63, 3.8) is 0 Å². The lowest BCUT2D eigenvalue weighted by molar-refractivity contribution is -0.126. The molecule has 8 heteroatoms. The van der Waals surface area contributed by atoms with Gasteiger partial charge in [-0.3, -0.25) is 4.79 Å². The minimum Gasteiger partial charge on any atom is -0.490 e. The fourth-order valence-electron chi connectivity index (χ4n) is 3.55. The summed E-state index contributed by atoms with van der Waals surface area (Å²) < 4.78 is 46.1. The molecule has 0 radical (unpaired) electrons. The minimum atomic E-state index is -3.55. The Bertz CT molecular complexity index is 1020. The number of nitrogens with one attached hydrogen (secondary N) is 1. The van der Waals surface area contributed by atoms with Crippen molar-refractivity contribution in [3.05, 3.63) is 59.4 Å². The summed E-state index contributed by atoms with van der Waals surface area (Å²) in [5.41, 5.74) is 1.99. The molecule has 1 fully saturated rings. The van der Waals surface area contributed by atoms with E-state index in [4.69, 9.17) is 4.74 Å². The number of para-hydroxylation sites is 1. The van der Waals surface area contributed by atoms with E-state index in [9.17, 15) is 17.6 Å². The molecule has 31 heavy (non-hydrogen) atoms. The van der Waals surface area contributed by atoms with Crippen LogP contribution >= 0.6 is 0 Å². The lowest BCUT2D eigenvalue weighted by Crippen LogP contribution is -2.43. The molecule has 2 aromatic rings. The summed E-state index contributed by atoms with van der Waals surface area (Å²) in [5.74, 6) is -0.493. The van der Waals surface area contributed by atoms with E-state index in [1.54, 1.807) is 30.3 Å². The van der Waals surface area contributed by atoms with Crippen LogP contribution in [-0.4, -0.2) is 44.9 Å². The van der Waals surface area contributed by atoms with Gasteiger partial charge >= 0.3 is 0 Å². The Kier molecular flexibility index (Phi) is 7.67. The van der Waals surface area contributed by atoms with Crippen molar-refractivity contribution in [2.45, 2.75) is 38.0 Å². The summed E-state index contributed by atoms with van der Waals surface area (Å²) in [6.45, 7) is 5.21. The van der Waals surface area contributed by atoms with Crippen LogP contribution in [0.25, 0.3) is 0 Å². The molecule has 6 nitrogen and oxygen atoms in total. The van der Waals surface area contributed by atoms with Gasteiger partial charge < -0.3 is 10.1 Å². The van der Waals surface area contributed by atoms with Crippen LogP contribution < -0.4 is 10.1 Å². The molecule has 0 saturated carbocycles. The normalized spacial score (nSPS) is 15.6. The zero-order valence-electron chi connectivity index (χ0n) is 17.9. The molecule has 0 aromatic heterocycles. The standard InChI is InChI=1S/C23H29FN2O4S/c1-17-8-9-20(16-18(17)2)31(28,29)26-13-10-19(11-14-26)23(27)25-12-5-15-30-22-7-4-3-6-21(22)24/h3-4,6-9,16,19H,5,10-15H2,1-2H3,(H,25,27). The third kappa shape index (κ3) is 5.83. The molecule has 1 saturated heterocycles. The van der Waals surface area contributed by atoms with Gasteiger partial charge in [0.25, 0.3) is 0 Å². The zero-order chi connectivity index (χ0) is 22.4. The maximum absolute atomic E-state index is 13.5. The second-order valence-electron chi connectivity index (χ2n) is 7.85. The third-order valence-corrected chi connectivity index (χ3v) is 7.55. The molecule has 168 valence electrons. The predicted octanol–water partition coefficient (Wildman–Crippen LogP) is 3.43. The molecular formula is C23H29FN2O4S. The van der Waals surface area contributed by atoms with Crippen molar-refractivity contribution in [3.8, 4) is 5.75 Å². The zero-order valence-corrected chi connectivity index (χ0v) is 18.8. The second kappa shape index (κ2) is 10.2. The molecule has 1 amide bonds. The molecule has 1 N–H and O–H groups in total. The lowest BCUT2D eigenvalue weighted by atomic mass is 9.97. The number of halogens is 1. The van der Waals surface area contributed by atoms with E-state index in [0.717, 1.165) is 11.1 Å². The average molecular weight is 449 g/mol. The molecule has 0 aliphatic carbocycles. The Balaban J connectivity index is 1.42. The number of sulfonamides is 1. The van der Waals surface area contributed by atoms with Gasteiger partial charge in [0, 0.05) is 25.6 Å². The maximum atomic E-state index is 13.5. The monoisotopic (exact) mass is 448 g/mol. The fourth-order valence-corrected chi connectivity index (χ4v) is 5.11. The van der Waals surface area contributed by atoms with E-state index in [1.165, 1.54) is 10.4 Å². The molecule has 0 bridgehead atoms. The highest BCUT2D eigenvalue weighted by atomic mass is 32.2. The summed E-state index contributed by atoms with van der Waals surface area (Å²) in [4.78, 5) is 12.7. The number of benzene rings is 2. The maximum Gasteiger partial charge on any atom is 0.243 e. The van der Waals surface area contributed by atoms with Crippen LogP contribution in [0.4, 0.5) is 4.39 Å². The summed E-state index contributed by atoms with van der Waals surface area (Å²) >= 11 is 0. The van der Waals surface area contributed by atoms with Crippen LogP contribution in [0.3, 0.4) is 0 Å². The summed E-state index contributed by atoms with van der Waals surface area (Å²) in [6.07, 6.45) is 1.53. The van der Waals surface area contributed by atoms with Gasteiger partial charge in [-0.2, -0.15) is 4.31 Å². The number of amides is 1. The second-order valence-corrected chi connectivity index (χ2v) is 9.79. The first-order chi connectivity index (χ1) is 14.8. The van der Waals surface area contributed by atoms with E-state index in [0.29, 0.717) is 50.4 Å². The number of nitrogens with zero attached hydrogens (tertiary/aromatic N) is 1. The smallest absolute Gasteiger partial charge is 0.243 e. The number of hydrogen-bond donors (Lipinski definition) is 1. The summed E-state index contributed by atoms with van der Waals surface area (Å²) in [6, 6.07) is 11.4. The molecule has 3 rings (SSSR count). The number of piperidine rings is 1. The fraction of sp³-hybridized carbons (Fsp3) is 0.435. The lowest BCUT2D eigenvalue weighted by Gasteiger charge is -2.30. The highest BCUT2D eigenvalue weighted by Gasteiger charge is 2.32. The number of hydrogen-bond acceptors (Lipinski definition) is 4. The van der Waals surface area contributed by atoms with Crippen molar-refractivity contribution in [1.29, 1.82) is 0 Å². The van der Waals surface area contributed by atoms with Crippen molar-refractivity contribution in [2.75, 3.05) is 26.2 Å². The van der Waals surface area contributed by atoms with Gasteiger partial charge in [-0.05, 0) is 68.5 Å². The van der Waals surface area contributed by atoms with Gasteiger partial charge in [-0.1, -0.05) is 18.2 Å². The molecule has 2 aromatic carbocycles. The van der Waals surface area contributed by atoms with Gasteiger partial charge in [0.15, 0.2) is 11.6 Å². The average Bonchev–Trinajstić information content (AvgIpc) is 2.76. The molecule has 0 atom stereocenters. The largest absolute Gasteiger partial charge is 0.490 e. The van der Waals surface area contributed by atoms with Crippen LogP contribution in [0.2, 0.25) is 0 Å². The van der Waals surface area contributed by atoms with Crippen molar-refractivity contribution in [1.82, 2.24) is 9.62 Å². The Morgan fingerprint density at radius 3 is 2.52 bits per heavy atom. The van der Waals surface area contributed by atoms with E-state index in [-0.39, 0.29) is 17.6 Å². The Hall–Kier alpha value is -2.45. The topological polar surface area (TPSA) is 75.7 Å². The highest BCUT2D eigenvalue weighted by molar-refractivity contribution is 7.89. The summed E-state index contributed by atoms with van der Waals surface area (Å²) in [7, 11) is -3.55. The third-order valence-electron chi connectivity index (χ3n) is 5.66. The Morgan fingerprint density at radius 1 is 1.13 bits per heavy atom. The van der Waals surface area contributed by atoms with E-state index >= 15 is 0 Å². The Morgan fingerprint density at radius 2 is 1.84 bits per heavy atom. The van der Waals surface area contributed by atoms with Crippen LogP contribution in [-0.2, 0) is 14.8 Å². The van der Waals surface area contributed by atoms with Gasteiger partial charge in [0.2, 0.25) is 15.9 Å². The number of carbonyl (C=O) groups excluding carboxylic acids is 1. The van der Waals surface area contributed by atoms with Crippen molar-refractivity contribution < 1.29 is 22.3 Å². The molecule has 1 aliphatic heterocycles. The number of ether oxygens (including phenoxy) is 1. The van der Waals surface area contributed by atoms with E-state index in [1.807, 2.05) is 19.9 Å². The van der Waals surface area contributed by atoms with Crippen molar-refractivity contribution in [2.24, 2.45) is 5.92 Å². The molecule has 1 heterocycles. The number of carbonyl (C=O) groups is 1. The van der Waals surface area contributed by atoms with Gasteiger partial charge in [-0.15, -0.1) is 0 Å². The number of rotatable bonds is 8. The van der Waals surface area contributed by atoms with Crippen LogP contribution in [0.1, 0.15) is 30.4 Å². The van der Waals surface area contributed by atoms with Gasteiger partial charge in [-0.25, -0.2) is 12.8 Å². The van der Waals surface area contributed by atoms with Crippen LogP contribution in [0, 0.1) is 25.6 Å². The number of aryl methyl sites for hydroxylation is 2. The molecular weight excluding hydrogens is 419 g/mol. The van der Waals surface area contributed by atoms with Gasteiger partial charge in [0.05, 0.1) is 11.5 Å². The first-order valence-corrected chi connectivity index (χ1v) is 12.0. The van der Waals surface area contributed by atoms with E-state index in [2.05, 4.69) is 5.32 Å². The molecule has 1 aliphatic rings. The van der Waals surface area contributed by atoms with E-state index < -0.39 is 15.8 Å². The Labute approximate surface area is 183 Å². The molecule has 0 unspecified atom stereocenters. The minimum absolute atomic E-state index is 0.0749. The van der Waals surface area contributed by atoms with Crippen LogP contribution in [0.15, 0.2) is 47.4 Å². The first-order valence-electron chi connectivity index (χ1n) is 10.5. The quantitative estimate of drug-likeness (QED) is 0.628. The SMILES string of the molecule is Cc1ccc(S(=O)(=O)N2CCC(C(=O)NCCCOc3ccccc3F)CC2)cc1C. The van der Waals surface area contributed by atoms with Crippen molar-refractivity contribution >= 4 is 15.9 Å². The first kappa shape index (κ1) is 23.2. The van der Waals surface area contributed by atoms with Gasteiger partial charge in [0.1, 0.15) is 0 Å².